The second-order valence-corrected chi connectivity index (χ2v) is 8.55. The van der Waals surface area contributed by atoms with Crippen molar-refractivity contribution in [3.63, 3.8) is 0 Å². The van der Waals surface area contributed by atoms with Gasteiger partial charge >= 0.3 is 6.61 Å². The van der Waals surface area contributed by atoms with Crippen LogP contribution in [0, 0.1) is 11.7 Å². The minimum Gasteiger partial charge on any atom is -0.435 e. The Labute approximate surface area is 198 Å². The van der Waals surface area contributed by atoms with Crippen molar-refractivity contribution in [2.75, 3.05) is 13.2 Å². The standard InChI is InChI=1S/C28H29F3O3/c1-2-3-4-5-20-17-32-27(33-18-20)23-12-15-25-22(16-23)11-10-21(26(25)29)9-6-19-7-13-24(14-8-19)34-28(30)31/h2-3,7-8,10-16,20,27-28H,4-6,9,17-18H2,1H3/b3-2+. The van der Waals surface area contributed by atoms with E-state index in [1.165, 1.54) is 12.1 Å². The number of alkyl halides is 2. The molecule has 0 atom stereocenters. The Morgan fingerprint density at radius 2 is 1.76 bits per heavy atom. The first kappa shape index (κ1) is 24.3. The molecule has 0 spiro atoms. The van der Waals surface area contributed by atoms with Gasteiger partial charge in [0, 0.05) is 16.9 Å². The predicted octanol–water partition coefficient (Wildman–Crippen LogP) is 7.38. The highest BCUT2D eigenvalue weighted by molar-refractivity contribution is 5.84. The molecule has 6 heteroatoms. The molecule has 1 aliphatic heterocycles. The lowest BCUT2D eigenvalue weighted by Crippen LogP contribution is -2.27. The average molecular weight is 471 g/mol. The number of hydrogen-bond donors (Lipinski definition) is 0. The summed E-state index contributed by atoms with van der Waals surface area (Å²) in [6.07, 6.45) is 6.93. The van der Waals surface area contributed by atoms with E-state index in [1.807, 2.05) is 25.1 Å². The van der Waals surface area contributed by atoms with Crippen molar-refractivity contribution >= 4 is 10.8 Å². The van der Waals surface area contributed by atoms with Crippen molar-refractivity contribution in [1.82, 2.24) is 0 Å². The third-order valence-electron chi connectivity index (χ3n) is 6.11. The van der Waals surface area contributed by atoms with Gasteiger partial charge in [0.15, 0.2) is 6.29 Å². The molecular formula is C28H29F3O3. The van der Waals surface area contributed by atoms with Gasteiger partial charge in [0.1, 0.15) is 11.6 Å². The van der Waals surface area contributed by atoms with Gasteiger partial charge in [-0.1, -0.05) is 48.6 Å². The Morgan fingerprint density at radius 1 is 1.00 bits per heavy atom. The van der Waals surface area contributed by atoms with Crippen LogP contribution in [0.15, 0.2) is 66.7 Å². The average Bonchev–Trinajstić information content (AvgIpc) is 2.85. The minimum absolute atomic E-state index is 0.113. The van der Waals surface area contributed by atoms with Gasteiger partial charge in [0.05, 0.1) is 13.2 Å². The van der Waals surface area contributed by atoms with Gasteiger partial charge in [0.2, 0.25) is 0 Å². The van der Waals surface area contributed by atoms with Gasteiger partial charge < -0.3 is 14.2 Å². The molecule has 180 valence electrons. The normalized spacial score (nSPS) is 18.7. The quantitative estimate of drug-likeness (QED) is 0.305. The van der Waals surface area contributed by atoms with Crippen LogP contribution in [0.1, 0.15) is 42.7 Å². The van der Waals surface area contributed by atoms with E-state index in [4.69, 9.17) is 9.47 Å². The van der Waals surface area contributed by atoms with Crippen molar-refractivity contribution in [3.05, 3.63) is 89.3 Å². The topological polar surface area (TPSA) is 27.7 Å². The molecule has 34 heavy (non-hydrogen) atoms. The van der Waals surface area contributed by atoms with E-state index in [0.717, 1.165) is 29.4 Å². The summed E-state index contributed by atoms with van der Waals surface area (Å²) in [4.78, 5) is 0. The maximum atomic E-state index is 15.2. The molecule has 3 aromatic carbocycles. The molecule has 0 radical (unpaired) electrons. The number of fused-ring (bicyclic) bond motifs is 1. The molecule has 0 aromatic heterocycles. The summed E-state index contributed by atoms with van der Waals surface area (Å²) in [5.41, 5.74) is 2.42. The smallest absolute Gasteiger partial charge is 0.387 e. The molecule has 1 heterocycles. The van der Waals surface area contributed by atoms with Crippen molar-refractivity contribution in [1.29, 1.82) is 0 Å². The molecule has 0 saturated carbocycles. The van der Waals surface area contributed by atoms with E-state index in [1.54, 1.807) is 24.3 Å². The molecule has 4 rings (SSSR count). The molecule has 1 aliphatic rings. The van der Waals surface area contributed by atoms with Crippen LogP contribution in [0.2, 0.25) is 0 Å². The van der Waals surface area contributed by atoms with Gasteiger partial charge in [-0.25, -0.2) is 4.39 Å². The van der Waals surface area contributed by atoms with E-state index in [0.29, 0.717) is 42.9 Å². The predicted molar refractivity (Wildman–Crippen MR) is 127 cm³/mol. The third kappa shape index (κ3) is 6.19. The maximum Gasteiger partial charge on any atom is 0.387 e. The van der Waals surface area contributed by atoms with Crippen LogP contribution in [0.4, 0.5) is 13.2 Å². The zero-order valence-corrected chi connectivity index (χ0v) is 19.2. The van der Waals surface area contributed by atoms with Gasteiger partial charge in [0.25, 0.3) is 0 Å². The first-order chi connectivity index (χ1) is 16.5. The molecule has 1 fully saturated rings. The highest BCUT2D eigenvalue weighted by Crippen LogP contribution is 2.31. The van der Waals surface area contributed by atoms with Crippen LogP contribution in [-0.4, -0.2) is 19.8 Å². The molecule has 0 bridgehead atoms. The van der Waals surface area contributed by atoms with Crippen LogP contribution in [0.5, 0.6) is 5.75 Å². The van der Waals surface area contributed by atoms with Crippen molar-refractivity contribution < 1.29 is 27.4 Å². The lowest BCUT2D eigenvalue weighted by atomic mass is 9.98. The molecule has 3 nitrogen and oxygen atoms in total. The van der Waals surface area contributed by atoms with E-state index >= 15 is 4.39 Å². The fourth-order valence-electron chi connectivity index (χ4n) is 4.21. The zero-order chi connectivity index (χ0) is 23.9. The Balaban J connectivity index is 1.38. The van der Waals surface area contributed by atoms with Crippen LogP contribution >= 0.6 is 0 Å². The number of allylic oxidation sites excluding steroid dienone is 2. The molecule has 0 aliphatic carbocycles. The van der Waals surface area contributed by atoms with Crippen LogP contribution in [0.25, 0.3) is 10.8 Å². The van der Waals surface area contributed by atoms with Crippen LogP contribution < -0.4 is 4.74 Å². The van der Waals surface area contributed by atoms with Crippen molar-refractivity contribution in [2.24, 2.45) is 5.92 Å². The molecule has 1 saturated heterocycles. The highest BCUT2D eigenvalue weighted by Gasteiger charge is 2.23. The van der Waals surface area contributed by atoms with Gasteiger partial charge in [-0.15, -0.1) is 0 Å². The molecule has 3 aromatic rings. The second-order valence-electron chi connectivity index (χ2n) is 8.55. The fourth-order valence-corrected chi connectivity index (χ4v) is 4.21. The van der Waals surface area contributed by atoms with E-state index in [9.17, 15) is 8.78 Å². The molecule has 0 N–H and O–H groups in total. The van der Waals surface area contributed by atoms with Crippen LogP contribution in [-0.2, 0) is 22.3 Å². The summed E-state index contributed by atoms with van der Waals surface area (Å²) >= 11 is 0. The Kier molecular flexibility index (Phi) is 8.25. The first-order valence-corrected chi connectivity index (χ1v) is 11.6. The number of benzene rings is 3. The van der Waals surface area contributed by atoms with E-state index < -0.39 is 12.9 Å². The van der Waals surface area contributed by atoms with Gasteiger partial charge in [-0.2, -0.15) is 8.78 Å². The number of rotatable bonds is 9. The minimum atomic E-state index is -2.85. The van der Waals surface area contributed by atoms with Gasteiger partial charge in [-0.05, 0) is 67.3 Å². The second kappa shape index (κ2) is 11.5. The maximum absolute atomic E-state index is 15.2. The summed E-state index contributed by atoms with van der Waals surface area (Å²) in [7, 11) is 0. The highest BCUT2D eigenvalue weighted by atomic mass is 19.3. The Hall–Kier alpha value is -2.83. The summed E-state index contributed by atoms with van der Waals surface area (Å²) in [5.74, 6) is 0.263. The molecular weight excluding hydrogens is 441 g/mol. The van der Waals surface area contributed by atoms with Gasteiger partial charge in [-0.3, -0.25) is 0 Å². The largest absolute Gasteiger partial charge is 0.435 e. The van der Waals surface area contributed by atoms with Crippen LogP contribution in [0.3, 0.4) is 0 Å². The SMILES string of the molecule is C/C=C/CCC1COC(c2ccc3c(F)c(CCc4ccc(OC(F)F)cc4)ccc3c2)OC1. The monoisotopic (exact) mass is 470 g/mol. The van der Waals surface area contributed by atoms with E-state index in [-0.39, 0.29) is 11.6 Å². The summed E-state index contributed by atoms with van der Waals surface area (Å²) in [6, 6.07) is 15.7. The van der Waals surface area contributed by atoms with Crippen molar-refractivity contribution in [2.45, 2.75) is 45.5 Å². The summed E-state index contributed by atoms with van der Waals surface area (Å²) in [6.45, 7) is 0.482. The Morgan fingerprint density at radius 3 is 2.47 bits per heavy atom. The fraction of sp³-hybridized carbons (Fsp3) is 0.357. The summed E-state index contributed by atoms with van der Waals surface area (Å²) < 4.78 is 56.0. The lowest BCUT2D eigenvalue weighted by molar-refractivity contribution is -0.205. The number of aryl methyl sites for hydroxylation is 2. The first-order valence-electron chi connectivity index (χ1n) is 11.6. The van der Waals surface area contributed by atoms with Crippen molar-refractivity contribution in [3.8, 4) is 5.75 Å². The number of ether oxygens (including phenoxy) is 3. The Bertz CT molecular complexity index is 1100. The number of hydrogen-bond acceptors (Lipinski definition) is 3. The lowest BCUT2D eigenvalue weighted by Gasteiger charge is -2.29. The number of halogens is 3. The molecule has 0 amide bonds. The summed E-state index contributed by atoms with van der Waals surface area (Å²) in [5, 5.41) is 1.36. The molecule has 0 unspecified atom stereocenters. The zero-order valence-electron chi connectivity index (χ0n) is 19.2. The van der Waals surface area contributed by atoms with E-state index in [2.05, 4.69) is 16.9 Å². The third-order valence-corrected chi connectivity index (χ3v) is 6.11.